The second-order valence-corrected chi connectivity index (χ2v) is 5.55. The van der Waals surface area contributed by atoms with Crippen LogP contribution in [0.2, 0.25) is 0 Å². The lowest BCUT2D eigenvalue weighted by Gasteiger charge is -2.21. The molecule has 0 saturated heterocycles. The summed E-state index contributed by atoms with van der Waals surface area (Å²) in [6.07, 6.45) is 1.67. The van der Waals surface area contributed by atoms with Crippen molar-refractivity contribution < 1.29 is 4.79 Å². The van der Waals surface area contributed by atoms with E-state index in [1.807, 2.05) is 48.3 Å². The Morgan fingerprint density at radius 1 is 1.14 bits per heavy atom. The summed E-state index contributed by atoms with van der Waals surface area (Å²) in [5, 5.41) is 3.32. The second-order valence-electron chi connectivity index (χ2n) is 5.55. The second kappa shape index (κ2) is 6.00. The molecule has 1 aliphatic heterocycles. The molecule has 3 rings (SSSR count). The summed E-state index contributed by atoms with van der Waals surface area (Å²) in [4.78, 5) is 14.3. The lowest BCUT2D eigenvalue weighted by molar-refractivity contribution is -0.130. The van der Waals surface area contributed by atoms with Gasteiger partial charge in [0.2, 0.25) is 5.91 Å². The molecule has 0 aromatic heterocycles. The predicted molar refractivity (Wildman–Crippen MR) is 85.3 cm³/mol. The normalized spacial score (nSPS) is 16.1. The van der Waals surface area contributed by atoms with Crippen LogP contribution in [0.3, 0.4) is 0 Å². The first-order valence-electron chi connectivity index (χ1n) is 7.37. The number of para-hydroxylation sites is 1. The summed E-state index contributed by atoms with van der Waals surface area (Å²) in [5.41, 5.74) is 3.58. The van der Waals surface area contributed by atoms with Gasteiger partial charge in [-0.15, -0.1) is 0 Å². The van der Waals surface area contributed by atoms with E-state index < -0.39 is 0 Å². The molecule has 1 heterocycles. The molecule has 1 amide bonds. The van der Waals surface area contributed by atoms with Gasteiger partial charge in [-0.25, -0.2) is 0 Å². The van der Waals surface area contributed by atoms with E-state index >= 15 is 0 Å². The van der Waals surface area contributed by atoms with Crippen LogP contribution < -0.4 is 5.32 Å². The number of rotatable bonds is 4. The molecule has 3 heteroatoms. The van der Waals surface area contributed by atoms with Gasteiger partial charge in [0.05, 0.1) is 0 Å². The van der Waals surface area contributed by atoms with Crippen molar-refractivity contribution in [2.24, 2.45) is 0 Å². The molecular weight excluding hydrogens is 260 g/mol. The van der Waals surface area contributed by atoms with Crippen LogP contribution in [-0.4, -0.2) is 30.4 Å². The van der Waals surface area contributed by atoms with E-state index in [0.29, 0.717) is 0 Å². The number of fused-ring (bicyclic) bond motifs is 1. The van der Waals surface area contributed by atoms with Gasteiger partial charge in [0, 0.05) is 25.7 Å². The highest BCUT2D eigenvalue weighted by molar-refractivity contribution is 5.87. The summed E-state index contributed by atoms with van der Waals surface area (Å²) in [5.74, 6) is 0.169. The van der Waals surface area contributed by atoms with Crippen molar-refractivity contribution in [3.05, 3.63) is 65.7 Å². The summed E-state index contributed by atoms with van der Waals surface area (Å²) >= 11 is 0. The molecule has 0 fully saturated rings. The molecule has 0 bridgehead atoms. The molecule has 21 heavy (non-hydrogen) atoms. The molecule has 3 nitrogen and oxygen atoms in total. The smallest absolute Gasteiger partial charge is 0.245 e. The monoisotopic (exact) mass is 280 g/mol. The van der Waals surface area contributed by atoms with Gasteiger partial charge in [-0.05, 0) is 23.6 Å². The molecule has 1 atom stereocenters. The minimum Gasteiger partial charge on any atom is -0.373 e. The van der Waals surface area contributed by atoms with Crippen LogP contribution in [0, 0.1) is 0 Å². The molecule has 1 unspecified atom stereocenters. The first kappa shape index (κ1) is 13.7. The Balaban J connectivity index is 1.56. The number of anilines is 1. The van der Waals surface area contributed by atoms with Crippen molar-refractivity contribution in [3.8, 4) is 0 Å². The highest BCUT2D eigenvalue weighted by Crippen LogP contribution is 2.25. The van der Waals surface area contributed by atoms with Crippen molar-refractivity contribution in [2.45, 2.75) is 18.9 Å². The third-order valence-corrected chi connectivity index (χ3v) is 4.02. The number of nitrogens with one attached hydrogen (secondary N) is 1. The van der Waals surface area contributed by atoms with E-state index in [0.717, 1.165) is 25.1 Å². The van der Waals surface area contributed by atoms with Crippen LogP contribution in [0.1, 0.15) is 11.1 Å². The number of nitrogens with zero attached hydrogens (tertiary/aromatic N) is 1. The summed E-state index contributed by atoms with van der Waals surface area (Å²) < 4.78 is 0. The van der Waals surface area contributed by atoms with Gasteiger partial charge in [0.25, 0.3) is 0 Å². The number of hydrogen-bond donors (Lipinski definition) is 1. The molecule has 2 aromatic rings. The highest BCUT2D eigenvalue weighted by Gasteiger charge is 2.28. The first-order chi connectivity index (χ1) is 10.2. The number of benzene rings is 2. The Morgan fingerprint density at radius 3 is 2.62 bits per heavy atom. The third-order valence-electron chi connectivity index (χ3n) is 4.02. The number of carbonyl (C=O) groups is 1. The molecular formula is C18H20N2O. The fourth-order valence-electron chi connectivity index (χ4n) is 2.76. The molecule has 108 valence electrons. The number of amides is 1. The van der Waals surface area contributed by atoms with Crippen LogP contribution in [-0.2, 0) is 17.6 Å². The van der Waals surface area contributed by atoms with Crippen LogP contribution in [0.5, 0.6) is 0 Å². The van der Waals surface area contributed by atoms with Crippen LogP contribution in [0.4, 0.5) is 5.69 Å². The van der Waals surface area contributed by atoms with Gasteiger partial charge in [0.15, 0.2) is 0 Å². The number of hydrogen-bond acceptors (Lipinski definition) is 2. The van der Waals surface area contributed by atoms with Crippen molar-refractivity contribution in [2.75, 3.05) is 18.9 Å². The Hall–Kier alpha value is -2.29. The third kappa shape index (κ3) is 3.07. The number of likely N-dealkylation sites (N-methyl/N-ethyl adjacent to an activating group) is 1. The minimum atomic E-state index is -0.122. The first-order valence-corrected chi connectivity index (χ1v) is 7.37. The standard InChI is InChI=1S/C18H20N2O/c1-20(12-11-14-7-3-2-4-8-14)18(21)17-13-15-9-5-6-10-16(15)19-17/h2-10,17,19H,11-13H2,1H3. The van der Waals surface area contributed by atoms with Crippen molar-refractivity contribution >= 4 is 11.6 Å². The van der Waals surface area contributed by atoms with Gasteiger partial charge in [-0.2, -0.15) is 0 Å². The Bertz CT molecular complexity index is 599. The minimum absolute atomic E-state index is 0.122. The number of carbonyl (C=O) groups excluding carboxylic acids is 1. The van der Waals surface area contributed by atoms with Crippen LogP contribution >= 0.6 is 0 Å². The molecule has 0 aliphatic carbocycles. The molecule has 2 aromatic carbocycles. The fraction of sp³-hybridized carbons (Fsp3) is 0.278. The van der Waals surface area contributed by atoms with Gasteiger partial charge in [-0.1, -0.05) is 48.5 Å². The summed E-state index contributed by atoms with van der Waals surface area (Å²) in [6.45, 7) is 0.747. The van der Waals surface area contributed by atoms with Gasteiger partial charge in [-0.3, -0.25) is 4.79 Å². The Kier molecular flexibility index (Phi) is 3.91. The van der Waals surface area contributed by atoms with Gasteiger partial charge < -0.3 is 10.2 Å². The maximum Gasteiger partial charge on any atom is 0.245 e. The predicted octanol–water partition coefficient (Wildman–Crippen LogP) is 2.72. The topological polar surface area (TPSA) is 32.3 Å². The van der Waals surface area contributed by atoms with Crippen LogP contribution in [0.15, 0.2) is 54.6 Å². The summed E-state index contributed by atoms with van der Waals surface area (Å²) in [7, 11) is 1.88. The lowest BCUT2D eigenvalue weighted by atomic mass is 10.1. The quantitative estimate of drug-likeness (QED) is 0.934. The van der Waals surface area contributed by atoms with Crippen molar-refractivity contribution in [1.82, 2.24) is 4.90 Å². The Labute approximate surface area is 125 Å². The van der Waals surface area contributed by atoms with E-state index in [4.69, 9.17) is 0 Å². The average molecular weight is 280 g/mol. The van der Waals surface area contributed by atoms with Gasteiger partial charge in [0.1, 0.15) is 6.04 Å². The molecule has 0 radical (unpaired) electrons. The molecule has 1 N–H and O–H groups in total. The van der Waals surface area contributed by atoms with Crippen LogP contribution in [0.25, 0.3) is 0 Å². The zero-order valence-electron chi connectivity index (χ0n) is 12.3. The highest BCUT2D eigenvalue weighted by atomic mass is 16.2. The van der Waals surface area contributed by atoms with E-state index in [2.05, 4.69) is 23.5 Å². The lowest BCUT2D eigenvalue weighted by Crippen LogP contribution is -2.40. The van der Waals surface area contributed by atoms with E-state index in [9.17, 15) is 4.79 Å². The van der Waals surface area contributed by atoms with E-state index in [-0.39, 0.29) is 11.9 Å². The maximum atomic E-state index is 12.5. The van der Waals surface area contributed by atoms with Gasteiger partial charge >= 0.3 is 0 Å². The van der Waals surface area contributed by atoms with E-state index in [1.165, 1.54) is 11.1 Å². The van der Waals surface area contributed by atoms with Crippen molar-refractivity contribution in [1.29, 1.82) is 0 Å². The van der Waals surface area contributed by atoms with E-state index in [1.54, 1.807) is 0 Å². The Morgan fingerprint density at radius 2 is 1.86 bits per heavy atom. The molecule has 1 aliphatic rings. The van der Waals surface area contributed by atoms with Crippen molar-refractivity contribution in [3.63, 3.8) is 0 Å². The summed E-state index contributed by atoms with van der Waals surface area (Å²) in [6, 6.07) is 18.3. The largest absolute Gasteiger partial charge is 0.373 e. The fourth-order valence-corrected chi connectivity index (χ4v) is 2.76. The zero-order valence-corrected chi connectivity index (χ0v) is 12.3. The molecule has 0 spiro atoms. The molecule has 0 saturated carbocycles. The SMILES string of the molecule is CN(CCc1ccccc1)C(=O)C1Cc2ccccc2N1. The maximum absolute atomic E-state index is 12.5. The zero-order chi connectivity index (χ0) is 14.7. The average Bonchev–Trinajstić information content (AvgIpc) is 2.97.